The summed E-state index contributed by atoms with van der Waals surface area (Å²) in [5, 5.41) is 11.4. The molecule has 0 aliphatic rings. The molecule has 0 unspecified atom stereocenters. The van der Waals surface area contributed by atoms with Gasteiger partial charge in [-0.25, -0.2) is 27.8 Å². The number of carbonyl (C=O) groups excluding carboxylic acids is 1. The van der Waals surface area contributed by atoms with E-state index in [4.69, 9.17) is 5.73 Å². The second-order valence-corrected chi connectivity index (χ2v) is 9.07. The van der Waals surface area contributed by atoms with Crippen LogP contribution >= 0.6 is 0 Å². The fourth-order valence-electron chi connectivity index (χ4n) is 4.03. The molecule has 40 heavy (non-hydrogen) atoms. The number of alkyl halides is 2. The Morgan fingerprint density at radius 3 is 2.45 bits per heavy atom. The molecule has 0 spiro atoms. The van der Waals surface area contributed by atoms with E-state index < -0.39 is 30.1 Å². The number of nitrogens with one attached hydrogen (secondary N) is 1. The van der Waals surface area contributed by atoms with Gasteiger partial charge in [0.05, 0.1) is 22.8 Å². The first kappa shape index (κ1) is 26.5. The third-order valence-corrected chi connectivity index (χ3v) is 5.97. The van der Waals surface area contributed by atoms with E-state index in [1.54, 1.807) is 24.3 Å². The van der Waals surface area contributed by atoms with Crippen LogP contribution in [0.25, 0.3) is 33.5 Å². The number of fused-ring (bicyclic) bond motifs is 1. The Kier molecular flexibility index (Phi) is 6.98. The number of nitrogen functional groups attached to an aromatic ring is 1. The summed E-state index contributed by atoms with van der Waals surface area (Å²) < 4.78 is 42.1. The standard InChI is InChI=1S/C26H22F3N9O2/c1-13(2)37-10-17(18-8-5-15(27)9-31-18)23(39)22(36-37)26(40)34-16-6-3-14(4-7-16)21-20-24(30)32-12-33-25(20)38(35-21)11-19(28)29/h3-10,12-13,19H,11H2,1-2H3,(H,34,40)(H2,30,32,33). The van der Waals surface area contributed by atoms with Crippen LogP contribution in [0.2, 0.25) is 0 Å². The van der Waals surface area contributed by atoms with Gasteiger partial charge in [0, 0.05) is 23.5 Å². The third-order valence-electron chi connectivity index (χ3n) is 5.97. The number of rotatable bonds is 7. The quantitative estimate of drug-likeness (QED) is 0.311. The molecule has 0 aliphatic heterocycles. The van der Waals surface area contributed by atoms with E-state index in [-0.39, 0.29) is 34.5 Å². The molecule has 0 radical (unpaired) electrons. The smallest absolute Gasteiger partial charge is 0.280 e. The van der Waals surface area contributed by atoms with Gasteiger partial charge in [-0.1, -0.05) is 12.1 Å². The molecule has 4 aromatic heterocycles. The SMILES string of the molecule is CC(C)n1cc(-c2ccc(F)cn2)c(=O)c(C(=O)Nc2ccc(-c3nn(CC(F)F)c4ncnc(N)c34)cc2)n1. The lowest BCUT2D eigenvalue weighted by Crippen LogP contribution is -2.28. The first-order chi connectivity index (χ1) is 19.1. The number of hydrogen-bond donors (Lipinski definition) is 2. The van der Waals surface area contributed by atoms with Crippen LogP contribution in [0.5, 0.6) is 0 Å². The highest BCUT2D eigenvalue weighted by Crippen LogP contribution is 2.31. The van der Waals surface area contributed by atoms with Gasteiger partial charge >= 0.3 is 0 Å². The van der Waals surface area contributed by atoms with Crippen molar-refractivity contribution in [3.63, 3.8) is 0 Å². The number of amides is 1. The Hall–Kier alpha value is -5.14. The maximum absolute atomic E-state index is 13.4. The first-order valence-electron chi connectivity index (χ1n) is 12.0. The number of nitrogens with zero attached hydrogens (tertiary/aromatic N) is 7. The number of carbonyl (C=O) groups is 1. The van der Waals surface area contributed by atoms with E-state index >= 15 is 0 Å². The minimum absolute atomic E-state index is 0.0842. The van der Waals surface area contributed by atoms with Crippen LogP contribution in [0.4, 0.5) is 24.7 Å². The van der Waals surface area contributed by atoms with Crippen LogP contribution in [0.3, 0.4) is 0 Å². The van der Waals surface area contributed by atoms with E-state index in [0.29, 0.717) is 22.3 Å². The zero-order valence-electron chi connectivity index (χ0n) is 21.2. The molecular formula is C26H22F3N9O2. The first-order valence-corrected chi connectivity index (χ1v) is 12.0. The molecule has 1 aromatic carbocycles. The lowest BCUT2D eigenvalue weighted by molar-refractivity contribution is 0.101. The van der Waals surface area contributed by atoms with Crippen molar-refractivity contribution in [2.75, 3.05) is 11.1 Å². The summed E-state index contributed by atoms with van der Waals surface area (Å²) in [5.74, 6) is -1.24. The summed E-state index contributed by atoms with van der Waals surface area (Å²) >= 11 is 0. The Morgan fingerprint density at radius 1 is 1.05 bits per heavy atom. The van der Waals surface area contributed by atoms with E-state index in [2.05, 4.69) is 30.5 Å². The highest BCUT2D eigenvalue weighted by molar-refractivity contribution is 6.03. The van der Waals surface area contributed by atoms with Crippen molar-refractivity contribution in [1.82, 2.24) is 34.5 Å². The topological polar surface area (TPSA) is 146 Å². The van der Waals surface area contributed by atoms with Gasteiger partial charge in [0.15, 0.2) is 11.3 Å². The second-order valence-electron chi connectivity index (χ2n) is 9.07. The number of pyridine rings is 1. The van der Waals surface area contributed by atoms with Gasteiger partial charge in [0.1, 0.15) is 30.2 Å². The average Bonchev–Trinajstić information content (AvgIpc) is 3.28. The summed E-state index contributed by atoms with van der Waals surface area (Å²) in [4.78, 5) is 38.3. The Balaban J connectivity index is 1.47. The van der Waals surface area contributed by atoms with Crippen molar-refractivity contribution in [2.45, 2.75) is 32.9 Å². The van der Waals surface area contributed by atoms with Crippen molar-refractivity contribution in [3.8, 4) is 22.5 Å². The maximum Gasteiger partial charge on any atom is 0.280 e. The van der Waals surface area contributed by atoms with Crippen LogP contribution in [-0.2, 0) is 6.54 Å². The van der Waals surface area contributed by atoms with Crippen LogP contribution < -0.4 is 16.5 Å². The second kappa shape index (κ2) is 10.6. The molecule has 204 valence electrons. The molecule has 3 N–H and O–H groups in total. The monoisotopic (exact) mass is 549 g/mol. The van der Waals surface area contributed by atoms with Crippen molar-refractivity contribution in [2.24, 2.45) is 0 Å². The molecule has 0 saturated carbocycles. The molecule has 0 bridgehead atoms. The molecule has 5 rings (SSSR count). The van der Waals surface area contributed by atoms with Gasteiger partial charge in [-0.15, -0.1) is 0 Å². The molecule has 1 amide bonds. The molecule has 0 fully saturated rings. The van der Waals surface area contributed by atoms with Gasteiger partial charge in [0.25, 0.3) is 12.3 Å². The summed E-state index contributed by atoms with van der Waals surface area (Å²) in [7, 11) is 0. The molecule has 5 aromatic rings. The fraction of sp³-hybridized carbons (Fsp3) is 0.192. The van der Waals surface area contributed by atoms with Crippen LogP contribution in [-0.4, -0.2) is 46.8 Å². The summed E-state index contributed by atoms with van der Waals surface area (Å²) in [6.45, 7) is 2.97. The number of halogens is 3. The minimum atomic E-state index is -2.66. The zero-order chi connectivity index (χ0) is 28.6. The van der Waals surface area contributed by atoms with Gasteiger partial charge in [-0.05, 0) is 38.1 Å². The molecule has 4 heterocycles. The number of aromatic nitrogens is 7. The molecule has 0 saturated heterocycles. The summed E-state index contributed by atoms with van der Waals surface area (Å²) in [6.07, 6.45) is 0.962. The molecule has 11 nitrogen and oxygen atoms in total. The van der Waals surface area contributed by atoms with Crippen LogP contribution in [0.15, 0.2) is 59.9 Å². The Morgan fingerprint density at radius 2 is 1.80 bits per heavy atom. The van der Waals surface area contributed by atoms with Gasteiger partial charge in [-0.3, -0.25) is 19.3 Å². The molecule has 0 aliphatic carbocycles. The van der Waals surface area contributed by atoms with Crippen molar-refractivity contribution < 1.29 is 18.0 Å². The van der Waals surface area contributed by atoms with Crippen LogP contribution in [0, 0.1) is 5.82 Å². The van der Waals surface area contributed by atoms with E-state index in [0.717, 1.165) is 10.9 Å². The number of hydrogen-bond acceptors (Lipinski definition) is 8. The lowest BCUT2D eigenvalue weighted by Gasteiger charge is -2.13. The largest absolute Gasteiger partial charge is 0.383 e. The lowest BCUT2D eigenvalue weighted by atomic mass is 10.1. The van der Waals surface area contributed by atoms with Crippen molar-refractivity contribution >= 4 is 28.4 Å². The van der Waals surface area contributed by atoms with Crippen molar-refractivity contribution in [1.29, 1.82) is 0 Å². The Labute approximate surface area is 224 Å². The average molecular weight is 550 g/mol. The number of anilines is 2. The van der Waals surface area contributed by atoms with E-state index in [1.165, 1.54) is 29.3 Å². The molecule has 14 heteroatoms. The third kappa shape index (κ3) is 5.10. The summed E-state index contributed by atoms with van der Waals surface area (Å²) in [5.41, 5.74) is 6.56. The van der Waals surface area contributed by atoms with Gasteiger partial charge in [-0.2, -0.15) is 10.2 Å². The van der Waals surface area contributed by atoms with E-state index in [9.17, 15) is 22.8 Å². The normalized spacial score (nSPS) is 11.5. The Bertz CT molecular complexity index is 1770. The highest BCUT2D eigenvalue weighted by Gasteiger charge is 2.21. The predicted octanol–water partition coefficient (Wildman–Crippen LogP) is 3.93. The maximum atomic E-state index is 13.4. The fourth-order valence-corrected chi connectivity index (χ4v) is 4.03. The predicted molar refractivity (Wildman–Crippen MR) is 141 cm³/mol. The highest BCUT2D eigenvalue weighted by atomic mass is 19.3. The van der Waals surface area contributed by atoms with E-state index in [1.807, 2.05) is 13.8 Å². The number of benzene rings is 1. The van der Waals surface area contributed by atoms with Crippen molar-refractivity contribution in [3.05, 3.63) is 76.9 Å². The van der Waals surface area contributed by atoms with Crippen LogP contribution in [0.1, 0.15) is 30.4 Å². The summed E-state index contributed by atoms with van der Waals surface area (Å²) in [6, 6.07) is 8.64. The molecular weight excluding hydrogens is 527 g/mol. The zero-order valence-corrected chi connectivity index (χ0v) is 21.2. The van der Waals surface area contributed by atoms with Gasteiger partial charge < -0.3 is 11.1 Å². The number of nitrogens with two attached hydrogens (primary N) is 1. The molecule has 0 atom stereocenters. The van der Waals surface area contributed by atoms with Gasteiger partial charge in [0.2, 0.25) is 5.43 Å². The minimum Gasteiger partial charge on any atom is -0.383 e.